The number of carbonyl (C=O) groups excluding carboxylic acids is 2. The van der Waals surface area contributed by atoms with Crippen molar-refractivity contribution in [2.75, 3.05) is 36.5 Å². The molecule has 180 valence electrons. The number of amides is 2. The van der Waals surface area contributed by atoms with Crippen LogP contribution in [0.15, 0.2) is 78.9 Å². The van der Waals surface area contributed by atoms with E-state index in [1.165, 1.54) is 11.3 Å². The van der Waals surface area contributed by atoms with Gasteiger partial charge < -0.3 is 19.9 Å². The quantitative estimate of drug-likeness (QED) is 0.527. The van der Waals surface area contributed by atoms with E-state index in [2.05, 4.69) is 46.6 Å². The van der Waals surface area contributed by atoms with Gasteiger partial charge in [0.25, 0.3) is 0 Å². The number of anilines is 3. The number of carbonyl (C=O) groups is 2. The van der Waals surface area contributed by atoms with E-state index in [4.69, 9.17) is 4.74 Å². The van der Waals surface area contributed by atoms with Crippen molar-refractivity contribution < 1.29 is 14.3 Å². The molecule has 3 aromatic carbocycles. The third-order valence-corrected chi connectivity index (χ3v) is 6.88. The molecule has 5 rings (SSSR count). The summed E-state index contributed by atoms with van der Waals surface area (Å²) in [5, 5.41) is 3.06. The minimum absolute atomic E-state index is 0.0313. The molecule has 0 unspecified atom stereocenters. The van der Waals surface area contributed by atoms with Crippen LogP contribution in [0.25, 0.3) is 0 Å². The molecule has 0 spiro atoms. The summed E-state index contributed by atoms with van der Waals surface area (Å²) in [6.45, 7) is 2.55. The Labute approximate surface area is 206 Å². The van der Waals surface area contributed by atoms with Crippen molar-refractivity contribution in [1.82, 2.24) is 4.90 Å². The van der Waals surface area contributed by atoms with Crippen molar-refractivity contribution in [3.63, 3.8) is 0 Å². The zero-order chi connectivity index (χ0) is 24.0. The second-order valence-electron chi connectivity index (χ2n) is 9.13. The van der Waals surface area contributed by atoms with Gasteiger partial charge in [0.1, 0.15) is 5.75 Å². The molecule has 3 aromatic rings. The van der Waals surface area contributed by atoms with E-state index in [-0.39, 0.29) is 17.7 Å². The van der Waals surface area contributed by atoms with Crippen LogP contribution >= 0.6 is 0 Å². The number of benzene rings is 3. The van der Waals surface area contributed by atoms with Crippen LogP contribution in [0.2, 0.25) is 0 Å². The highest BCUT2D eigenvalue weighted by atomic mass is 16.5. The van der Waals surface area contributed by atoms with Crippen LogP contribution in [0.5, 0.6) is 5.75 Å². The highest BCUT2D eigenvalue weighted by Crippen LogP contribution is 2.34. The molecule has 1 fully saturated rings. The fourth-order valence-electron chi connectivity index (χ4n) is 4.90. The van der Waals surface area contributed by atoms with Gasteiger partial charge in [0.05, 0.1) is 13.0 Å². The Bertz CT molecular complexity index is 1160. The topological polar surface area (TPSA) is 61.9 Å². The summed E-state index contributed by atoms with van der Waals surface area (Å²) in [5.74, 6) is 0.807. The van der Waals surface area contributed by atoms with Crippen molar-refractivity contribution >= 4 is 28.9 Å². The van der Waals surface area contributed by atoms with Crippen LogP contribution in [-0.4, -0.2) is 43.0 Å². The highest BCUT2D eigenvalue weighted by molar-refractivity contribution is 5.93. The number of hydrogen-bond acceptors (Lipinski definition) is 4. The SMILES string of the molecule is O=C(Nc1ccc(N2CCc3ccccc32)cc1)C1CCN(C(=O)CCOc2ccccc2)CC1. The number of fused-ring (bicyclic) bond motifs is 1. The molecule has 0 aliphatic carbocycles. The molecule has 2 heterocycles. The van der Waals surface area contributed by atoms with Crippen molar-refractivity contribution in [3.8, 4) is 5.75 Å². The predicted octanol–water partition coefficient (Wildman–Crippen LogP) is 5.03. The minimum Gasteiger partial charge on any atom is -0.493 e. The number of hydrogen-bond donors (Lipinski definition) is 1. The van der Waals surface area contributed by atoms with Gasteiger partial charge in [0, 0.05) is 42.6 Å². The van der Waals surface area contributed by atoms with Crippen LogP contribution < -0.4 is 15.0 Å². The van der Waals surface area contributed by atoms with Crippen LogP contribution in [0.1, 0.15) is 24.8 Å². The van der Waals surface area contributed by atoms with Crippen molar-refractivity contribution in [2.24, 2.45) is 5.92 Å². The van der Waals surface area contributed by atoms with E-state index in [0.717, 1.165) is 30.1 Å². The van der Waals surface area contributed by atoms with E-state index in [1.54, 1.807) is 0 Å². The van der Waals surface area contributed by atoms with Gasteiger partial charge in [-0.25, -0.2) is 0 Å². The predicted molar refractivity (Wildman–Crippen MR) is 138 cm³/mol. The van der Waals surface area contributed by atoms with Gasteiger partial charge in [0.2, 0.25) is 11.8 Å². The normalized spacial score (nSPS) is 15.5. The molecule has 6 heteroatoms. The summed E-state index contributed by atoms with van der Waals surface area (Å²) < 4.78 is 5.64. The molecule has 2 aliphatic heterocycles. The Morgan fingerprint density at radius 2 is 1.57 bits per heavy atom. The van der Waals surface area contributed by atoms with Crippen molar-refractivity contribution in [3.05, 3.63) is 84.4 Å². The Kier molecular flexibility index (Phi) is 6.98. The molecule has 1 N–H and O–H groups in total. The first-order valence-corrected chi connectivity index (χ1v) is 12.4. The molecule has 0 atom stereocenters. The molecule has 0 aromatic heterocycles. The highest BCUT2D eigenvalue weighted by Gasteiger charge is 2.27. The Hall–Kier alpha value is -3.80. The number of para-hydroxylation sites is 2. The molecule has 35 heavy (non-hydrogen) atoms. The average Bonchev–Trinajstić information content (AvgIpc) is 3.34. The Morgan fingerprint density at radius 3 is 2.34 bits per heavy atom. The molecule has 2 aliphatic rings. The molecule has 0 radical (unpaired) electrons. The van der Waals surface area contributed by atoms with Crippen LogP contribution in [0.4, 0.5) is 17.1 Å². The van der Waals surface area contributed by atoms with E-state index in [0.29, 0.717) is 39.0 Å². The fourth-order valence-corrected chi connectivity index (χ4v) is 4.90. The summed E-state index contributed by atoms with van der Waals surface area (Å²) >= 11 is 0. The Balaban J connectivity index is 1.07. The molecular formula is C29H31N3O3. The summed E-state index contributed by atoms with van der Waals surface area (Å²) in [5.41, 5.74) is 4.58. The zero-order valence-electron chi connectivity index (χ0n) is 19.9. The standard InChI is InChI=1S/C29H31N3O3/c33-28(17-21-35-26-7-2-1-3-8-26)31-18-14-23(15-19-31)29(34)30-24-10-12-25(13-11-24)32-20-16-22-6-4-5-9-27(22)32/h1-13,23H,14-21H2,(H,30,34). The van der Waals surface area contributed by atoms with Crippen LogP contribution in [0.3, 0.4) is 0 Å². The molecule has 0 bridgehead atoms. The van der Waals surface area contributed by atoms with E-state index in [1.807, 2.05) is 47.4 Å². The third-order valence-electron chi connectivity index (χ3n) is 6.88. The first-order valence-electron chi connectivity index (χ1n) is 12.4. The lowest BCUT2D eigenvalue weighted by Crippen LogP contribution is -2.41. The van der Waals surface area contributed by atoms with Crippen molar-refractivity contribution in [1.29, 1.82) is 0 Å². The third kappa shape index (κ3) is 5.48. The maximum Gasteiger partial charge on any atom is 0.227 e. The lowest BCUT2D eigenvalue weighted by molar-refractivity contribution is -0.135. The molecule has 2 amide bonds. The lowest BCUT2D eigenvalue weighted by atomic mass is 9.95. The maximum atomic E-state index is 12.8. The van der Waals surface area contributed by atoms with E-state index >= 15 is 0 Å². The second kappa shape index (κ2) is 10.6. The number of ether oxygens (including phenoxy) is 1. The number of rotatable bonds is 7. The van der Waals surface area contributed by atoms with Crippen molar-refractivity contribution in [2.45, 2.75) is 25.7 Å². The smallest absolute Gasteiger partial charge is 0.227 e. The van der Waals surface area contributed by atoms with Gasteiger partial charge in [-0.3, -0.25) is 9.59 Å². The van der Waals surface area contributed by atoms with Crippen LogP contribution in [0, 0.1) is 5.92 Å². The fraction of sp³-hybridized carbons (Fsp3) is 0.310. The number of nitrogens with one attached hydrogen (secondary N) is 1. The first-order chi connectivity index (χ1) is 17.2. The average molecular weight is 470 g/mol. The number of piperidine rings is 1. The van der Waals surface area contributed by atoms with Crippen LogP contribution in [-0.2, 0) is 16.0 Å². The van der Waals surface area contributed by atoms with Gasteiger partial charge in [-0.1, -0.05) is 36.4 Å². The summed E-state index contributed by atoms with van der Waals surface area (Å²) in [6.07, 6.45) is 2.76. The second-order valence-corrected chi connectivity index (χ2v) is 9.13. The first kappa shape index (κ1) is 23.0. The zero-order valence-corrected chi connectivity index (χ0v) is 19.9. The molecule has 1 saturated heterocycles. The minimum atomic E-state index is -0.0789. The summed E-state index contributed by atoms with van der Waals surface area (Å²) in [4.78, 5) is 29.5. The lowest BCUT2D eigenvalue weighted by Gasteiger charge is -2.31. The molecule has 6 nitrogen and oxygen atoms in total. The van der Waals surface area contributed by atoms with E-state index < -0.39 is 0 Å². The summed E-state index contributed by atoms with van der Waals surface area (Å²) in [7, 11) is 0. The summed E-state index contributed by atoms with van der Waals surface area (Å²) in [6, 6.07) is 26.1. The van der Waals surface area contributed by atoms with Gasteiger partial charge in [0.15, 0.2) is 0 Å². The van der Waals surface area contributed by atoms with Gasteiger partial charge in [-0.05, 0) is 67.3 Å². The van der Waals surface area contributed by atoms with Gasteiger partial charge in [-0.2, -0.15) is 0 Å². The number of likely N-dealkylation sites (tertiary alicyclic amines) is 1. The maximum absolute atomic E-state index is 12.8. The largest absolute Gasteiger partial charge is 0.493 e. The monoisotopic (exact) mass is 469 g/mol. The number of nitrogens with zero attached hydrogens (tertiary/aromatic N) is 2. The van der Waals surface area contributed by atoms with Gasteiger partial charge in [-0.15, -0.1) is 0 Å². The van der Waals surface area contributed by atoms with Gasteiger partial charge >= 0.3 is 0 Å². The molecular weight excluding hydrogens is 438 g/mol. The van der Waals surface area contributed by atoms with E-state index in [9.17, 15) is 9.59 Å². The molecule has 0 saturated carbocycles. The Morgan fingerprint density at radius 1 is 0.857 bits per heavy atom.